The fourth-order valence-corrected chi connectivity index (χ4v) is 2.38. The van der Waals surface area contributed by atoms with Crippen LogP contribution in [0.15, 0.2) is 39.6 Å². The zero-order valence-corrected chi connectivity index (χ0v) is 13.8. The molecule has 0 radical (unpaired) electrons. The largest absolute Gasteiger partial charge is 0.219 e. The van der Waals surface area contributed by atoms with Crippen LogP contribution in [0.1, 0.15) is 19.4 Å². The highest BCUT2D eigenvalue weighted by atomic mass is 127. The molecule has 1 aromatic carbocycles. The summed E-state index contributed by atoms with van der Waals surface area (Å²) in [6.07, 6.45) is 4.23. The van der Waals surface area contributed by atoms with E-state index in [1.807, 2.05) is 18.2 Å². The van der Waals surface area contributed by atoms with Crippen molar-refractivity contribution in [2.75, 3.05) is 4.43 Å². The summed E-state index contributed by atoms with van der Waals surface area (Å²) in [5, 5.41) is 0. The summed E-state index contributed by atoms with van der Waals surface area (Å²) >= 11 is 4.48. The van der Waals surface area contributed by atoms with Crippen molar-refractivity contribution in [3.63, 3.8) is 0 Å². The van der Waals surface area contributed by atoms with E-state index in [0.717, 1.165) is 10.1 Å². The van der Waals surface area contributed by atoms with Gasteiger partial charge in [0.15, 0.2) is 0 Å². The molecule has 0 spiro atoms. The monoisotopic (exact) mass is 439 g/mol. The van der Waals surface area contributed by atoms with Crippen LogP contribution in [-0.4, -0.2) is 10.1 Å². The molecule has 0 aromatic heterocycles. The molecule has 3 heteroatoms. The predicted molar refractivity (Wildman–Crippen MR) is 89.6 cm³/mol. The number of benzene rings is 1. The highest BCUT2D eigenvalue weighted by Gasteiger charge is 2.21. The van der Waals surface area contributed by atoms with Crippen molar-refractivity contribution in [3.05, 3.63) is 42.0 Å². The second-order valence-corrected chi connectivity index (χ2v) is 5.48. The molecule has 1 rings (SSSR count). The van der Waals surface area contributed by atoms with Crippen molar-refractivity contribution >= 4 is 57.2 Å². The molecule has 0 atom stereocenters. The van der Waals surface area contributed by atoms with Crippen LogP contribution in [0, 0.1) is 5.41 Å². The quantitative estimate of drug-likeness (QED) is 0.358. The van der Waals surface area contributed by atoms with Crippen LogP contribution in [-0.2, 0) is 0 Å². The van der Waals surface area contributed by atoms with Gasteiger partial charge >= 0.3 is 0 Å². The molecule has 0 unspecified atom stereocenters. The maximum atomic E-state index is 4.34. The number of hydrogen-bond acceptors (Lipinski definition) is 1. The topological polar surface area (TPSA) is 12.4 Å². The van der Waals surface area contributed by atoms with Gasteiger partial charge in [0, 0.05) is 9.84 Å². The summed E-state index contributed by atoms with van der Waals surface area (Å²) < 4.78 is 5.40. The molecule has 0 heterocycles. The Bertz CT molecular complexity index is 380. The Kier molecular flexibility index (Phi) is 5.96. The van der Waals surface area contributed by atoms with Gasteiger partial charge in [0.05, 0.1) is 28.6 Å². The van der Waals surface area contributed by atoms with Crippen LogP contribution in [0.5, 0.6) is 0 Å². The van der Waals surface area contributed by atoms with Gasteiger partial charge in [-0.15, -0.1) is 0 Å². The van der Waals surface area contributed by atoms with Gasteiger partial charge in [-0.2, -0.15) is 0 Å². The van der Waals surface area contributed by atoms with Gasteiger partial charge < -0.3 is 0 Å². The first kappa shape index (κ1) is 14.2. The second kappa shape index (κ2) is 6.74. The molecule has 0 N–H and O–H groups in total. The molecule has 86 valence electrons. The summed E-state index contributed by atoms with van der Waals surface area (Å²) in [7, 11) is 0. The molecular weight excluding hydrogens is 424 g/mol. The van der Waals surface area contributed by atoms with E-state index < -0.39 is 0 Å². The Hall–Kier alpha value is 0.0900. The van der Waals surface area contributed by atoms with Crippen LogP contribution < -0.4 is 0 Å². The molecule has 0 saturated carbocycles. The average molecular weight is 439 g/mol. The van der Waals surface area contributed by atoms with Gasteiger partial charge in [0.25, 0.3) is 0 Å². The first-order valence-electron chi connectivity index (χ1n) is 5.08. The third kappa shape index (κ3) is 4.16. The summed E-state index contributed by atoms with van der Waals surface area (Å²) in [5.41, 5.74) is 2.48. The van der Waals surface area contributed by atoms with E-state index in [1.54, 1.807) is 0 Å². The van der Waals surface area contributed by atoms with E-state index in [0.29, 0.717) is 0 Å². The lowest BCUT2D eigenvalue weighted by molar-refractivity contribution is 0.620. The van der Waals surface area contributed by atoms with Gasteiger partial charge in [-0.3, -0.25) is 0 Å². The van der Waals surface area contributed by atoms with Crippen LogP contribution in [0.25, 0.3) is 6.08 Å². The van der Waals surface area contributed by atoms with E-state index in [-0.39, 0.29) is 5.41 Å². The Labute approximate surface area is 125 Å². The van der Waals surface area contributed by atoms with Crippen molar-refractivity contribution < 1.29 is 0 Å². The Morgan fingerprint density at radius 1 is 1.31 bits per heavy atom. The highest BCUT2D eigenvalue weighted by Crippen LogP contribution is 2.23. The standard InChI is InChI=1S/C13H15I2N/c1-13(2,10-14)12(16-15)9-8-11-6-4-3-5-7-11/h3-9H,10H2,1-2H3/b9-8+,16-12+. The summed E-state index contributed by atoms with van der Waals surface area (Å²) in [6.45, 7) is 4.43. The van der Waals surface area contributed by atoms with Crippen LogP contribution in [0.3, 0.4) is 0 Å². The zero-order valence-electron chi connectivity index (χ0n) is 9.45. The number of halogens is 2. The lowest BCUT2D eigenvalue weighted by atomic mass is 9.89. The molecule has 0 saturated heterocycles. The molecule has 1 aromatic rings. The first-order valence-corrected chi connectivity index (χ1v) is 7.58. The maximum absolute atomic E-state index is 4.34. The Balaban J connectivity index is 2.84. The van der Waals surface area contributed by atoms with E-state index in [4.69, 9.17) is 0 Å². The summed E-state index contributed by atoms with van der Waals surface area (Å²) in [6, 6.07) is 10.3. The first-order chi connectivity index (χ1) is 7.60. The molecule has 1 nitrogen and oxygen atoms in total. The molecule has 0 bridgehead atoms. The van der Waals surface area contributed by atoms with Gasteiger partial charge in [-0.05, 0) is 11.6 Å². The predicted octanol–water partition coefficient (Wildman–Crippen LogP) is 4.95. The van der Waals surface area contributed by atoms with E-state index in [1.165, 1.54) is 5.56 Å². The number of rotatable bonds is 4. The number of alkyl halides is 1. The fraction of sp³-hybridized carbons (Fsp3) is 0.308. The van der Waals surface area contributed by atoms with Crippen molar-refractivity contribution in [2.45, 2.75) is 13.8 Å². The molecule has 0 aliphatic heterocycles. The van der Waals surface area contributed by atoms with E-state index >= 15 is 0 Å². The maximum Gasteiger partial charge on any atom is 0.0834 e. The van der Waals surface area contributed by atoms with E-state index in [2.05, 4.69) is 86.8 Å². The smallest absolute Gasteiger partial charge is 0.0834 e. The van der Waals surface area contributed by atoms with Gasteiger partial charge in [-0.1, -0.05) is 72.8 Å². The van der Waals surface area contributed by atoms with Crippen LogP contribution in [0.2, 0.25) is 0 Å². The molecule has 0 aliphatic carbocycles. The Morgan fingerprint density at radius 3 is 2.44 bits per heavy atom. The number of allylic oxidation sites excluding steroid dienone is 1. The zero-order chi connectivity index (χ0) is 12.0. The average Bonchev–Trinajstić information content (AvgIpc) is 2.31. The molecule has 0 fully saturated rings. The number of hydrogen-bond donors (Lipinski definition) is 0. The van der Waals surface area contributed by atoms with Crippen LogP contribution in [0.4, 0.5) is 0 Å². The lowest BCUT2D eigenvalue weighted by Crippen LogP contribution is -2.23. The van der Waals surface area contributed by atoms with Gasteiger partial charge in [0.1, 0.15) is 0 Å². The minimum Gasteiger partial charge on any atom is -0.219 e. The SMILES string of the molecule is CC(C)(CI)C(/C=C/c1ccccc1)=N/I. The molecule has 0 amide bonds. The molecular formula is C13H15I2N. The van der Waals surface area contributed by atoms with E-state index in [9.17, 15) is 0 Å². The van der Waals surface area contributed by atoms with Crippen molar-refractivity contribution in [3.8, 4) is 0 Å². The molecule has 16 heavy (non-hydrogen) atoms. The normalized spacial score (nSPS) is 13.4. The van der Waals surface area contributed by atoms with Crippen molar-refractivity contribution in [1.82, 2.24) is 0 Å². The minimum atomic E-state index is 0.132. The number of nitrogens with zero attached hydrogens (tertiary/aromatic N) is 1. The Morgan fingerprint density at radius 2 is 1.94 bits per heavy atom. The second-order valence-electron chi connectivity index (χ2n) is 4.23. The van der Waals surface area contributed by atoms with Crippen molar-refractivity contribution in [1.29, 1.82) is 0 Å². The fourth-order valence-electron chi connectivity index (χ4n) is 1.18. The van der Waals surface area contributed by atoms with Crippen molar-refractivity contribution in [2.24, 2.45) is 8.62 Å². The summed E-state index contributed by atoms with van der Waals surface area (Å²) in [4.78, 5) is 0. The highest BCUT2D eigenvalue weighted by molar-refractivity contribution is 14.1. The summed E-state index contributed by atoms with van der Waals surface area (Å²) in [5.74, 6) is 0. The minimum absolute atomic E-state index is 0.132. The van der Waals surface area contributed by atoms with Crippen LogP contribution >= 0.6 is 45.5 Å². The van der Waals surface area contributed by atoms with Gasteiger partial charge in [0.2, 0.25) is 0 Å². The third-order valence-electron chi connectivity index (χ3n) is 2.35. The molecule has 0 aliphatic rings. The lowest BCUT2D eigenvalue weighted by Gasteiger charge is -2.20. The van der Waals surface area contributed by atoms with Gasteiger partial charge in [-0.25, -0.2) is 3.21 Å². The third-order valence-corrected chi connectivity index (χ3v) is 4.78.